The largest absolute Gasteiger partial charge is 0.280 e. The predicted octanol–water partition coefficient (Wildman–Crippen LogP) is 4.22. The Hall–Kier alpha value is 0.0700. The molecule has 0 radical (unpaired) electrons. The van der Waals surface area contributed by atoms with Gasteiger partial charge in [0.05, 0.1) is 10.0 Å². The third-order valence-corrected chi connectivity index (χ3v) is 2.82. The molecule has 1 nitrogen and oxygen atoms in total. The van der Waals surface area contributed by atoms with E-state index >= 15 is 0 Å². The van der Waals surface area contributed by atoms with Crippen molar-refractivity contribution in [2.24, 2.45) is 0 Å². The molecule has 0 atom stereocenters. The number of halogens is 5. The van der Waals surface area contributed by atoms with Crippen molar-refractivity contribution in [3.63, 3.8) is 0 Å². The summed E-state index contributed by atoms with van der Waals surface area (Å²) < 4.78 is 24.7. The Morgan fingerprint density at radius 3 is 2.54 bits per heavy atom. The van der Waals surface area contributed by atoms with E-state index in [4.69, 9.17) is 23.2 Å². The van der Waals surface area contributed by atoms with Crippen LogP contribution in [0.25, 0.3) is 0 Å². The summed E-state index contributed by atoms with van der Waals surface area (Å²) in [7, 11) is 0. The maximum atomic E-state index is 12.3. The van der Waals surface area contributed by atoms with Crippen LogP contribution in [0.5, 0.6) is 0 Å². The van der Waals surface area contributed by atoms with Gasteiger partial charge in [0, 0.05) is 17.1 Å². The lowest BCUT2D eigenvalue weighted by molar-refractivity contribution is 0.145. The van der Waals surface area contributed by atoms with Crippen molar-refractivity contribution in [3.05, 3.63) is 27.5 Å². The molecular weight excluding hydrogens is 287 g/mol. The molecule has 0 aromatic carbocycles. The molecule has 0 unspecified atom stereocenters. The third-order valence-electron chi connectivity index (χ3n) is 1.44. The van der Waals surface area contributed by atoms with E-state index in [0.717, 1.165) is 6.20 Å². The molecule has 13 heavy (non-hydrogen) atoms. The van der Waals surface area contributed by atoms with E-state index in [1.807, 2.05) is 0 Å². The first kappa shape index (κ1) is 11.1. The SMILES string of the molecule is FC(F)c1ncc(Cl)c(Cl)c1CBr. The van der Waals surface area contributed by atoms with Crippen molar-refractivity contribution in [2.75, 3.05) is 0 Å². The quantitative estimate of drug-likeness (QED) is 0.743. The summed E-state index contributed by atoms with van der Waals surface area (Å²) in [6.45, 7) is 0. The van der Waals surface area contributed by atoms with Gasteiger partial charge in [0.25, 0.3) is 6.43 Å². The highest BCUT2D eigenvalue weighted by atomic mass is 79.9. The fraction of sp³-hybridized carbons (Fsp3) is 0.286. The Morgan fingerprint density at radius 2 is 2.08 bits per heavy atom. The lowest BCUT2D eigenvalue weighted by Crippen LogP contribution is -1.97. The zero-order valence-corrected chi connectivity index (χ0v) is 9.30. The average Bonchev–Trinajstić information content (AvgIpc) is 2.09. The van der Waals surface area contributed by atoms with Crippen LogP contribution in [-0.2, 0) is 5.33 Å². The second kappa shape index (κ2) is 4.53. The fourth-order valence-corrected chi connectivity index (χ4v) is 1.94. The molecule has 0 N–H and O–H groups in total. The van der Waals surface area contributed by atoms with Crippen LogP contribution >= 0.6 is 39.1 Å². The van der Waals surface area contributed by atoms with Crippen molar-refractivity contribution in [1.82, 2.24) is 4.98 Å². The summed E-state index contributed by atoms with van der Waals surface area (Å²) >= 11 is 14.4. The van der Waals surface area contributed by atoms with Crippen molar-refractivity contribution in [1.29, 1.82) is 0 Å². The van der Waals surface area contributed by atoms with E-state index in [1.54, 1.807) is 0 Å². The summed E-state index contributed by atoms with van der Waals surface area (Å²) in [5.41, 5.74) is -0.0876. The molecule has 0 aliphatic heterocycles. The van der Waals surface area contributed by atoms with E-state index in [0.29, 0.717) is 0 Å². The van der Waals surface area contributed by atoms with Gasteiger partial charge >= 0.3 is 0 Å². The Bertz CT molecular complexity index is 320. The minimum absolute atomic E-state index is 0.129. The van der Waals surface area contributed by atoms with Gasteiger partial charge in [-0.1, -0.05) is 39.1 Å². The standard InChI is InChI=1S/C7H4BrCl2F2N/c8-1-3-5(10)4(9)2-13-6(3)7(11)12/h2,7H,1H2. The lowest BCUT2D eigenvalue weighted by Gasteiger charge is -2.07. The van der Waals surface area contributed by atoms with Gasteiger partial charge in [-0.3, -0.25) is 4.98 Å². The summed E-state index contributed by atoms with van der Waals surface area (Å²) in [4.78, 5) is 3.51. The van der Waals surface area contributed by atoms with Gasteiger partial charge in [0.2, 0.25) is 0 Å². The van der Waals surface area contributed by atoms with Crippen LogP contribution in [0.3, 0.4) is 0 Å². The zero-order valence-electron chi connectivity index (χ0n) is 6.20. The Morgan fingerprint density at radius 1 is 1.46 bits per heavy atom. The van der Waals surface area contributed by atoms with Crippen LogP contribution in [0.2, 0.25) is 10.0 Å². The van der Waals surface area contributed by atoms with Gasteiger partial charge < -0.3 is 0 Å². The van der Waals surface area contributed by atoms with Gasteiger partial charge in [0.1, 0.15) is 5.69 Å². The van der Waals surface area contributed by atoms with Gasteiger partial charge in [-0.2, -0.15) is 0 Å². The summed E-state index contributed by atoms with van der Waals surface area (Å²) in [5, 5.41) is 0.517. The molecule has 0 saturated carbocycles. The van der Waals surface area contributed by atoms with E-state index in [9.17, 15) is 8.78 Å². The topological polar surface area (TPSA) is 12.9 Å². The molecule has 1 heterocycles. The van der Waals surface area contributed by atoms with Crippen LogP contribution in [-0.4, -0.2) is 4.98 Å². The van der Waals surface area contributed by atoms with Crippen LogP contribution in [0.1, 0.15) is 17.7 Å². The molecule has 0 aliphatic rings. The van der Waals surface area contributed by atoms with Crippen LogP contribution < -0.4 is 0 Å². The van der Waals surface area contributed by atoms with Crippen molar-refractivity contribution >= 4 is 39.1 Å². The summed E-state index contributed by atoms with van der Waals surface area (Å²) in [6, 6.07) is 0. The first-order valence-corrected chi connectivity index (χ1v) is 5.12. The van der Waals surface area contributed by atoms with Gasteiger partial charge in [-0.15, -0.1) is 0 Å². The molecule has 1 aromatic heterocycles. The minimum Gasteiger partial charge on any atom is -0.253 e. The molecule has 0 bridgehead atoms. The highest BCUT2D eigenvalue weighted by molar-refractivity contribution is 9.08. The summed E-state index contributed by atoms with van der Waals surface area (Å²) in [5.74, 6) is 0. The van der Waals surface area contributed by atoms with Crippen molar-refractivity contribution in [2.45, 2.75) is 11.8 Å². The second-order valence-corrected chi connectivity index (χ2v) is 3.56. The number of pyridine rings is 1. The number of hydrogen-bond acceptors (Lipinski definition) is 1. The van der Waals surface area contributed by atoms with E-state index < -0.39 is 6.43 Å². The molecule has 0 amide bonds. The minimum atomic E-state index is -2.64. The van der Waals surface area contributed by atoms with E-state index in [1.165, 1.54) is 0 Å². The average molecular weight is 291 g/mol. The Kier molecular flexibility index (Phi) is 3.88. The smallest absolute Gasteiger partial charge is 0.253 e. The van der Waals surface area contributed by atoms with Crippen molar-refractivity contribution in [3.8, 4) is 0 Å². The molecule has 6 heteroatoms. The highest BCUT2D eigenvalue weighted by Crippen LogP contribution is 2.32. The molecule has 0 fully saturated rings. The van der Waals surface area contributed by atoms with E-state index in [-0.39, 0.29) is 26.6 Å². The van der Waals surface area contributed by atoms with E-state index in [2.05, 4.69) is 20.9 Å². The van der Waals surface area contributed by atoms with Gasteiger partial charge in [-0.25, -0.2) is 8.78 Å². The number of aromatic nitrogens is 1. The zero-order chi connectivity index (χ0) is 10.0. The molecule has 1 rings (SSSR count). The fourth-order valence-electron chi connectivity index (χ4n) is 0.833. The third kappa shape index (κ3) is 2.30. The number of alkyl halides is 3. The molecule has 0 spiro atoms. The molecular formula is C7H4BrCl2F2N. The summed E-state index contributed by atoms with van der Waals surface area (Å²) in [6.07, 6.45) is -1.51. The maximum Gasteiger partial charge on any atom is 0.280 e. The monoisotopic (exact) mass is 289 g/mol. The van der Waals surface area contributed by atoms with Crippen molar-refractivity contribution < 1.29 is 8.78 Å². The number of hydrogen-bond donors (Lipinski definition) is 0. The molecule has 0 aliphatic carbocycles. The van der Waals surface area contributed by atoms with Crippen LogP contribution in [0.4, 0.5) is 8.78 Å². The lowest BCUT2D eigenvalue weighted by atomic mass is 10.2. The predicted molar refractivity (Wildman–Crippen MR) is 51.8 cm³/mol. The normalized spacial score (nSPS) is 10.9. The molecule has 0 saturated heterocycles. The maximum absolute atomic E-state index is 12.3. The Balaban J connectivity index is 3.30. The first-order valence-electron chi connectivity index (χ1n) is 3.24. The Labute approximate surface area is 92.2 Å². The molecule has 72 valence electrons. The van der Waals surface area contributed by atoms with Crippen LogP contribution in [0, 0.1) is 0 Å². The number of nitrogens with zero attached hydrogens (tertiary/aromatic N) is 1. The van der Waals surface area contributed by atoms with Gasteiger partial charge in [0.15, 0.2) is 0 Å². The van der Waals surface area contributed by atoms with Gasteiger partial charge in [-0.05, 0) is 0 Å². The first-order chi connectivity index (χ1) is 6.07. The highest BCUT2D eigenvalue weighted by Gasteiger charge is 2.18. The molecule has 1 aromatic rings. The van der Waals surface area contributed by atoms with Crippen LogP contribution in [0.15, 0.2) is 6.20 Å². The number of rotatable bonds is 2. The second-order valence-electron chi connectivity index (χ2n) is 2.22.